The van der Waals surface area contributed by atoms with E-state index in [0.717, 1.165) is 29.6 Å². The highest BCUT2D eigenvalue weighted by atomic mass is 16.3. The predicted octanol–water partition coefficient (Wildman–Crippen LogP) is 3.78. The molecule has 1 fully saturated rings. The van der Waals surface area contributed by atoms with Crippen molar-refractivity contribution in [1.82, 2.24) is 15.1 Å². The standard InChI is InChI=1S/C21H22N4O2/c26-19-10-18-16(20(24-23-18)22-15-7-3-4-8-15)9-17(19)21(27)25-11-13-5-1-2-6-14(13)12-25/h1-2,5-6,9-10,15,26H,3-4,7-8,11-12H2,(H2,22,23,24). The highest BCUT2D eigenvalue weighted by Gasteiger charge is 2.27. The summed E-state index contributed by atoms with van der Waals surface area (Å²) in [5, 5.41) is 22.1. The molecule has 2 heterocycles. The van der Waals surface area contributed by atoms with Crippen LogP contribution in [0.3, 0.4) is 0 Å². The number of anilines is 1. The van der Waals surface area contributed by atoms with Crippen LogP contribution in [0.4, 0.5) is 5.82 Å². The van der Waals surface area contributed by atoms with Crippen molar-refractivity contribution in [2.45, 2.75) is 44.8 Å². The summed E-state index contributed by atoms with van der Waals surface area (Å²) in [5.74, 6) is 0.591. The van der Waals surface area contributed by atoms with Crippen molar-refractivity contribution in [3.63, 3.8) is 0 Å². The number of nitrogens with zero attached hydrogens (tertiary/aromatic N) is 2. The lowest BCUT2D eigenvalue weighted by molar-refractivity contribution is 0.0748. The largest absolute Gasteiger partial charge is 0.507 e. The van der Waals surface area contributed by atoms with Gasteiger partial charge in [0.05, 0.1) is 11.1 Å². The quantitative estimate of drug-likeness (QED) is 0.662. The molecule has 1 saturated carbocycles. The molecular weight excluding hydrogens is 340 g/mol. The Balaban J connectivity index is 1.46. The first-order valence-electron chi connectivity index (χ1n) is 9.53. The number of H-pyrrole nitrogens is 1. The van der Waals surface area contributed by atoms with E-state index in [0.29, 0.717) is 24.7 Å². The van der Waals surface area contributed by atoms with Crippen LogP contribution in [0, 0.1) is 0 Å². The van der Waals surface area contributed by atoms with Gasteiger partial charge in [0.2, 0.25) is 0 Å². The average Bonchev–Trinajstić information content (AvgIpc) is 3.40. The maximum absolute atomic E-state index is 13.1. The number of aromatic amines is 1. The average molecular weight is 362 g/mol. The van der Waals surface area contributed by atoms with Gasteiger partial charge < -0.3 is 15.3 Å². The molecule has 0 unspecified atom stereocenters. The smallest absolute Gasteiger partial charge is 0.258 e. The Morgan fingerprint density at radius 2 is 1.85 bits per heavy atom. The maximum Gasteiger partial charge on any atom is 0.258 e. The van der Waals surface area contributed by atoms with E-state index in [2.05, 4.69) is 15.5 Å². The number of carbonyl (C=O) groups excluding carboxylic acids is 1. The van der Waals surface area contributed by atoms with Crippen LogP contribution >= 0.6 is 0 Å². The second-order valence-electron chi connectivity index (χ2n) is 7.54. The third-order valence-corrected chi connectivity index (χ3v) is 5.73. The van der Waals surface area contributed by atoms with Gasteiger partial charge in [-0.15, -0.1) is 0 Å². The highest BCUT2D eigenvalue weighted by Crippen LogP contribution is 2.32. The molecule has 3 N–H and O–H groups in total. The van der Waals surface area contributed by atoms with Gasteiger partial charge in [-0.05, 0) is 30.0 Å². The van der Waals surface area contributed by atoms with Gasteiger partial charge in [-0.3, -0.25) is 9.89 Å². The fourth-order valence-corrected chi connectivity index (χ4v) is 4.24. The van der Waals surface area contributed by atoms with Gasteiger partial charge in [-0.25, -0.2) is 0 Å². The molecule has 27 heavy (non-hydrogen) atoms. The predicted molar refractivity (Wildman–Crippen MR) is 104 cm³/mol. The molecular formula is C21H22N4O2. The van der Waals surface area contributed by atoms with Gasteiger partial charge in [0.25, 0.3) is 5.91 Å². The number of aromatic hydroxyl groups is 1. The Morgan fingerprint density at radius 3 is 2.56 bits per heavy atom. The Kier molecular flexibility index (Phi) is 3.77. The van der Waals surface area contributed by atoms with Crippen LogP contribution in [0.2, 0.25) is 0 Å². The summed E-state index contributed by atoms with van der Waals surface area (Å²) in [4.78, 5) is 14.8. The lowest BCUT2D eigenvalue weighted by atomic mass is 10.1. The summed E-state index contributed by atoms with van der Waals surface area (Å²) in [6, 6.07) is 11.9. The highest BCUT2D eigenvalue weighted by molar-refractivity contribution is 6.03. The van der Waals surface area contributed by atoms with Crippen molar-refractivity contribution in [1.29, 1.82) is 0 Å². The SMILES string of the molecule is O=C(c1cc2c(NC3CCCC3)n[nH]c2cc1O)N1Cc2ccccc2C1. The number of amides is 1. The Bertz CT molecular complexity index is 995. The molecule has 0 spiro atoms. The van der Waals surface area contributed by atoms with Gasteiger partial charge in [-0.2, -0.15) is 5.10 Å². The molecule has 138 valence electrons. The molecule has 0 atom stereocenters. The van der Waals surface area contributed by atoms with Crippen LogP contribution in [-0.4, -0.2) is 32.2 Å². The van der Waals surface area contributed by atoms with Crippen molar-refractivity contribution in [2.24, 2.45) is 0 Å². The summed E-state index contributed by atoms with van der Waals surface area (Å²) in [6.07, 6.45) is 4.76. The van der Waals surface area contributed by atoms with Crippen molar-refractivity contribution >= 4 is 22.6 Å². The van der Waals surface area contributed by atoms with Gasteiger partial charge in [0.1, 0.15) is 5.75 Å². The van der Waals surface area contributed by atoms with Crippen LogP contribution in [0.25, 0.3) is 10.9 Å². The van der Waals surface area contributed by atoms with E-state index in [4.69, 9.17) is 0 Å². The minimum atomic E-state index is -0.154. The first kappa shape index (κ1) is 16.2. The number of hydrogen-bond donors (Lipinski definition) is 3. The fourth-order valence-electron chi connectivity index (χ4n) is 4.24. The number of fused-ring (bicyclic) bond motifs is 2. The number of hydrogen-bond acceptors (Lipinski definition) is 4. The van der Waals surface area contributed by atoms with Gasteiger partial charge >= 0.3 is 0 Å². The minimum absolute atomic E-state index is 0.0143. The van der Waals surface area contributed by atoms with Crippen LogP contribution in [-0.2, 0) is 13.1 Å². The zero-order chi connectivity index (χ0) is 18.4. The van der Waals surface area contributed by atoms with Gasteiger partial charge in [0.15, 0.2) is 5.82 Å². The van der Waals surface area contributed by atoms with E-state index in [1.165, 1.54) is 24.0 Å². The molecule has 2 aliphatic rings. The first-order chi connectivity index (χ1) is 13.2. The van der Waals surface area contributed by atoms with E-state index >= 15 is 0 Å². The molecule has 6 nitrogen and oxygen atoms in total. The van der Waals surface area contributed by atoms with Crippen molar-refractivity contribution in [3.8, 4) is 5.75 Å². The molecule has 1 amide bonds. The summed E-state index contributed by atoms with van der Waals surface area (Å²) in [7, 11) is 0. The summed E-state index contributed by atoms with van der Waals surface area (Å²) < 4.78 is 0. The number of phenolic OH excluding ortho intramolecular Hbond substituents is 1. The number of phenols is 1. The number of nitrogens with one attached hydrogen (secondary N) is 2. The second kappa shape index (κ2) is 6.30. The first-order valence-corrected chi connectivity index (χ1v) is 9.53. The Morgan fingerprint density at radius 1 is 1.15 bits per heavy atom. The zero-order valence-electron chi connectivity index (χ0n) is 15.0. The van der Waals surface area contributed by atoms with E-state index < -0.39 is 0 Å². The molecule has 3 aromatic rings. The normalized spacial score (nSPS) is 16.8. The monoisotopic (exact) mass is 362 g/mol. The van der Waals surface area contributed by atoms with Crippen molar-refractivity contribution in [2.75, 3.05) is 5.32 Å². The van der Waals surface area contributed by atoms with Crippen molar-refractivity contribution < 1.29 is 9.90 Å². The van der Waals surface area contributed by atoms with Crippen LogP contribution in [0.1, 0.15) is 47.2 Å². The van der Waals surface area contributed by atoms with Crippen LogP contribution < -0.4 is 5.32 Å². The molecule has 1 aromatic heterocycles. The minimum Gasteiger partial charge on any atom is -0.507 e. The van der Waals surface area contributed by atoms with E-state index in [-0.39, 0.29) is 11.7 Å². The second-order valence-corrected chi connectivity index (χ2v) is 7.54. The molecule has 2 aromatic carbocycles. The third-order valence-electron chi connectivity index (χ3n) is 5.73. The molecule has 0 bridgehead atoms. The maximum atomic E-state index is 13.1. The topological polar surface area (TPSA) is 81.2 Å². The van der Waals surface area contributed by atoms with Crippen LogP contribution in [0.15, 0.2) is 36.4 Å². The lowest BCUT2D eigenvalue weighted by Crippen LogP contribution is -2.25. The lowest BCUT2D eigenvalue weighted by Gasteiger charge is -2.17. The van der Waals surface area contributed by atoms with E-state index in [1.807, 2.05) is 24.3 Å². The van der Waals surface area contributed by atoms with Crippen LogP contribution in [0.5, 0.6) is 5.75 Å². The van der Waals surface area contributed by atoms with Gasteiger partial charge in [0, 0.05) is 30.6 Å². The van der Waals surface area contributed by atoms with Crippen molar-refractivity contribution in [3.05, 3.63) is 53.1 Å². The Hall–Kier alpha value is -3.02. The molecule has 1 aliphatic carbocycles. The number of carbonyl (C=O) groups is 1. The molecule has 1 aliphatic heterocycles. The fraction of sp³-hybridized carbons (Fsp3) is 0.333. The third kappa shape index (κ3) is 2.81. The zero-order valence-corrected chi connectivity index (χ0v) is 15.0. The molecule has 5 rings (SSSR count). The summed E-state index contributed by atoms with van der Waals surface area (Å²) >= 11 is 0. The summed E-state index contributed by atoms with van der Waals surface area (Å²) in [6.45, 7) is 1.15. The number of rotatable bonds is 3. The molecule has 0 radical (unpaired) electrons. The Labute approximate surface area is 157 Å². The van der Waals surface area contributed by atoms with E-state index in [1.54, 1.807) is 17.0 Å². The number of benzene rings is 2. The summed E-state index contributed by atoms with van der Waals surface area (Å²) in [5.41, 5.74) is 3.39. The molecule has 6 heteroatoms. The number of aromatic nitrogens is 2. The van der Waals surface area contributed by atoms with E-state index in [9.17, 15) is 9.90 Å². The molecule has 0 saturated heterocycles. The van der Waals surface area contributed by atoms with Gasteiger partial charge in [-0.1, -0.05) is 37.1 Å².